The third-order valence-corrected chi connectivity index (χ3v) is 12.7. The quantitative estimate of drug-likeness (QED) is 0.190. The first-order chi connectivity index (χ1) is 19.8. The monoisotopic (exact) mass is 856 g/mol. The number of carbonyl (C=O) groups excluding carboxylic acids is 2. The van der Waals surface area contributed by atoms with Crippen LogP contribution in [0.1, 0.15) is 21.0 Å². The SMILES string of the molecule is CO[C@H]1N=C(N)N2[C@H]3N=C(N)N[C@@]3(O)[C@@H]3[C@@H](CNC(=O)c4cc(Br)c(Br)[nH]4)[C@H](CNC(=O)c4cc(Br)c(Br)[nH]4)[C@@H](Cl)[C@@]132. The number of ether oxygens (including phenoxy) is 1. The summed E-state index contributed by atoms with van der Waals surface area (Å²) >= 11 is 20.8. The molecule has 1 saturated heterocycles. The summed E-state index contributed by atoms with van der Waals surface area (Å²) in [6.07, 6.45) is -1.81. The largest absolute Gasteiger partial charge is 0.370 e. The Morgan fingerprint density at radius 2 is 1.60 bits per heavy atom. The summed E-state index contributed by atoms with van der Waals surface area (Å²) in [7, 11) is 1.48. The summed E-state index contributed by atoms with van der Waals surface area (Å²) in [5, 5.41) is 20.3. The zero-order valence-corrected chi connectivity index (χ0v) is 28.7. The molecule has 14 nitrogen and oxygen atoms in total. The van der Waals surface area contributed by atoms with Gasteiger partial charge < -0.3 is 52.1 Å². The number of guanidine groups is 2. The number of amides is 2. The first-order valence-corrected chi connectivity index (χ1v) is 16.2. The summed E-state index contributed by atoms with van der Waals surface area (Å²) in [5.74, 6) is -2.42. The number of aliphatic imine (C=N–C) groups is 2. The van der Waals surface area contributed by atoms with E-state index < -0.39 is 46.8 Å². The molecule has 19 heteroatoms. The number of hydrogen-bond acceptors (Lipinski definition) is 10. The van der Waals surface area contributed by atoms with E-state index in [0.717, 1.165) is 0 Å². The van der Waals surface area contributed by atoms with Gasteiger partial charge in [-0.2, -0.15) is 0 Å². The lowest BCUT2D eigenvalue weighted by atomic mass is 9.77. The molecule has 0 aromatic carbocycles. The van der Waals surface area contributed by atoms with E-state index in [1.54, 1.807) is 17.0 Å². The molecule has 5 heterocycles. The van der Waals surface area contributed by atoms with Gasteiger partial charge in [0.1, 0.15) is 16.9 Å². The summed E-state index contributed by atoms with van der Waals surface area (Å²) in [5.41, 5.74) is 10.2. The number of rotatable bonds is 7. The standard InChI is InChI=1S/C23H25Br4ClN10O4/c1-42-19-22-12(23(41)18(35-20(29)37-23)38(22)21(30)36-19)6(4-31-16(39)10-2-8(24)14(26)33-10)7(13(22)28)5-32-17(40)11-3-9(25)15(27)34-11/h2-3,6-7,12-13,18-19,33-34,41H,4-5H2,1H3,(H2,30,36)(H,31,39)(H,32,40)(H3,29,35,37)/t6-,7-,12+,13+,18+,19+,22+,23+/m0/s1. The van der Waals surface area contributed by atoms with Gasteiger partial charge in [-0.3, -0.25) is 9.59 Å². The molecule has 1 aliphatic carbocycles. The van der Waals surface area contributed by atoms with Crippen molar-refractivity contribution in [3.8, 4) is 0 Å². The third kappa shape index (κ3) is 4.27. The van der Waals surface area contributed by atoms with Gasteiger partial charge in [-0.15, -0.1) is 11.6 Å². The Bertz CT molecular complexity index is 1500. The van der Waals surface area contributed by atoms with Crippen LogP contribution in [0, 0.1) is 17.8 Å². The van der Waals surface area contributed by atoms with Crippen LogP contribution in [-0.2, 0) is 4.74 Å². The van der Waals surface area contributed by atoms with Crippen molar-refractivity contribution in [2.75, 3.05) is 20.2 Å². The number of alkyl halides is 1. The van der Waals surface area contributed by atoms with Gasteiger partial charge >= 0.3 is 0 Å². The lowest BCUT2D eigenvalue weighted by Gasteiger charge is -2.40. The topological polar surface area (TPSA) is 211 Å². The van der Waals surface area contributed by atoms with Crippen LogP contribution in [0.3, 0.4) is 0 Å². The zero-order valence-electron chi connectivity index (χ0n) is 21.6. The zero-order chi connectivity index (χ0) is 30.3. The molecule has 2 amide bonds. The van der Waals surface area contributed by atoms with Crippen molar-refractivity contribution < 1.29 is 19.4 Å². The van der Waals surface area contributed by atoms with E-state index >= 15 is 0 Å². The Morgan fingerprint density at radius 1 is 1.05 bits per heavy atom. The second-order valence-corrected chi connectivity index (χ2v) is 14.3. The van der Waals surface area contributed by atoms with Gasteiger partial charge in [-0.05, 0) is 81.8 Å². The molecule has 2 fully saturated rings. The summed E-state index contributed by atoms with van der Waals surface area (Å²) < 4.78 is 8.42. The molecule has 0 unspecified atom stereocenters. The summed E-state index contributed by atoms with van der Waals surface area (Å²) in [6.45, 7) is 0.171. The number of H-pyrrole nitrogens is 2. The molecular formula is C23H25Br4ClN10O4. The van der Waals surface area contributed by atoms with E-state index in [1.807, 2.05) is 0 Å². The molecule has 6 rings (SSSR count). The maximum Gasteiger partial charge on any atom is 0.267 e. The second-order valence-electron chi connectivity index (χ2n) is 10.5. The van der Waals surface area contributed by atoms with E-state index in [-0.39, 0.29) is 36.8 Å². The van der Waals surface area contributed by atoms with Crippen molar-refractivity contribution >= 4 is 99.1 Å². The van der Waals surface area contributed by atoms with Crippen LogP contribution in [0.4, 0.5) is 0 Å². The molecule has 1 saturated carbocycles. The number of aromatic nitrogens is 2. The number of nitrogens with one attached hydrogen (secondary N) is 5. The number of hydrogen-bond donors (Lipinski definition) is 8. The van der Waals surface area contributed by atoms with Crippen molar-refractivity contribution in [1.29, 1.82) is 0 Å². The highest BCUT2D eigenvalue weighted by Crippen LogP contribution is 2.64. The predicted molar refractivity (Wildman–Crippen MR) is 168 cm³/mol. The Labute approximate surface area is 277 Å². The Kier molecular flexibility index (Phi) is 7.67. The van der Waals surface area contributed by atoms with Gasteiger partial charge in [0.15, 0.2) is 30.0 Å². The Hall–Kier alpha value is -1.83. The minimum absolute atomic E-state index is 0.0272. The van der Waals surface area contributed by atoms with Crippen molar-refractivity contribution in [2.45, 2.75) is 29.0 Å². The lowest BCUT2D eigenvalue weighted by Crippen LogP contribution is -2.61. The van der Waals surface area contributed by atoms with E-state index in [9.17, 15) is 14.7 Å². The molecule has 10 N–H and O–H groups in total. The van der Waals surface area contributed by atoms with Gasteiger partial charge in [0, 0.05) is 32.0 Å². The number of methoxy groups -OCH3 is 1. The first kappa shape index (κ1) is 30.2. The highest BCUT2D eigenvalue weighted by atomic mass is 79.9. The van der Waals surface area contributed by atoms with Gasteiger partial charge in [0.05, 0.1) is 23.5 Å². The van der Waals surface area contributed by atoms with Crippen LogP contribution >= 0.6 is 75.3 Å². The average Bonchev–Trinajstić information content (AvgIpc) is 3.71. The number of aliphatic hydroxyl groups is 1. The first-order valence-electron chi connectivity index (χ1n) is 12.6. The maximum atomic E-state index is 13.2. The third-order valence-electron chi connectivity index (χ3n) is 8.46. The number of aromatic amines is 2. The van der Waals surface area contributed by atoms with E-state index in [0.29, 0.717) is 29.5 Å². The number of nitrogens with zero attached hydrogens (tertiary/aromatic N) is 3. The molecular weight excluding hydrogens is 835 g/mol. The van der Waals surface area contributed by atoms with E-state index in [4.69, 9.17) is 27.8 Å². The van der Waals surface area contributed by atoms with Crippen LogP contribution < -0.4 is 27.4 Å². The molecule has 4 aliphatic rings. The maximum absolute atomic E-state index is 13.2. The van der Waals surface area contributed by atoms with Crippen LogP contribution in [-0.4, -0.2) is 92.9 Å². The predicted octanol–water partition coefficient (Wildman–Crippen LogP) is 1.31. The molecule has 42 heavy (non-hydrogen) atoms. The van der Waals surface area contributed by atoms with Crippen LogP contribution in [0.2, 0.25) is 0 Å². The Balaban J connectivity index is 1.37. The minimum atomic E-state index is -1.73. The molecule has 2 aromatic heterocycles. The number of halogens is 5. The van der Waals surface area contributed by atoms with Crippen molar-refractivity contribution in [3.63, 3.8) is 0 Å². The minimum Gasteiger partial charge on any atom is -0.370 e. The molecule has 0 bridgehead atoms. The van der Waals surface area contributed by atoms with Crippen LogP contribution in [0.15, 0.2) is 40.3 Å². The van der Waals surface area contributed by atoms with Crippen LogP contribution in [0.5, 0.6) is 0 Å². The lowest BCUT2D eigenvalue weighted by molar-refractivity contribution is -0.0613. The number of nitrogens with two attached hydrogens (primary N) is 2. The van der Waals surface area contributed by atoms with Crippen molar-refractivity contribution in [1.82, 2.24) is 30.8 Å². The van der Waals surface area contributed by atoms with Gasteiger partial charge in [0.2, 0.25) is 0 Å². The highest BCUT2D eigenvalue weighted by molar-refractivity contribution is 9.13. The van der Waals surface area contributed by atoms with Gasteiger partial charge in [-0.1, -0.05) is 0 Å². The Morgan fingerprint density at radius 3 is 2.10 bits per heavy atom. The summed E-state index contributed by atoms with van der Waals surface area (Å²) in [6, 6.07) is 3.29. The highest BCUT2D eigenvalue weighted by Gasteiger charge is 2.82. The normalized spacial score (nSPS) is 34.4. The molecule has 1 spiro atoms. The number of fused-ring (bicyclic) bond motifs is 3. The fourth-order valence-electron chi connectivity index (χ4n) is 6.97. The fraction of sp³-hybridized carbons (Fsp3) is 0.478. The summed E-state index contributed by atoms with van der Waals surface area (Å²) in [4.78, 5) is 42.9. The molecule has 3 aliphatic heterocycles. The van der Waals surface area contributed by atoms with Crippen molar-refractivity contribution in [3.05, 3.63) is 41.7 Å². The molecule has 8 atom stereocenters. The second kappa shape index (κ2) is 10.7. The van der Waals surface area contributed by atoms with E-state index in [2.05, 4.69) is 99.6 Å². The van der Waals surface area contributed by atoms with Gasteiger partial charge in [-0.25, -0.2) is 9.98 Å². The van der Waals surface area contributed by atoms with E-state index in [1.165, 1.54) is 7.11 Å². The molecule has 2 aromatic rings. The number of carbonyl (C=O) groups is 2. The molecule has 0 radical (unpaired) electrons. The average molecular weight is 861 g/mol. The van der Waals surface area contributed by atoms with Gasteiger partial charge in [0.25, 0.3) is 11.8 Å². The van der Waals surface area contributed by atoms with Crippen molar-refractivity contribution in [2.24, 2.45) is 39.2 Å². The van der Waals surface area contributed by atoms with Crippen LogP contribution in [0.25, 0.3) is 0 Å². The smallest absolute Gasteiger partial charge is 0.267 e. The molecule has 226 valence electrons. The fourth-order valence-corrected chi connectivity index (χ4v) is 8.91.